The maximum Gasteiger partial charge on any atom is 0.219 e. The second-order valence-corrected chi connectivity index (χ2v) is 12.6. The molecule has 0 unspecified atom stereocenters. The molecular weight excluding hydrogens is 653 g/mol. The molecule has 2 heterocycles. The fourth-order valence-corrected chi connectivity index (χ4v) is 5.92. The van der Waals surface area contributed by atoms with Gasteiger partial charge in [-0.25, -0.2) is 9.37 Å². The summed E-state index contributed by atoms with van der Waals surface area (Å²) in [5.74, 6) is 1.97. The van der Waals surface area contributed by atoms with Gasteiger partial charge in [0.25, 0.3) is 0 Å². The summed E-state index contributed by atoms with van der Waals surface area (Å²) >= 11 is 6.65. The van der Waals surface area contributed by atoms with Crippen LogP contribution in [0.5, 0.6) is 23.1 Å². The van der Waals surface area contributed by atoms with Crippen molar-refractivity contribution in [2.75, 3.05) is 32.8 Å². The molecule has 0 N–H and O–H groups in total. The van der Waals surface area contributed by atoms with Gasteiger partial charge in [0.15, 0.2) is 0 Å². The van der Waals surface area contributed by atoms with Crippen molar-refractivity contribution in [3.63, 3.8) is 0 Å². The van der Waals surface area contributed by atoms with E-state index in [1.54, 1.807) is 42.6 Å². The Bertz CT molecular complexity index is 1870. The molecule has 4 aromatic carbocycles. The van der Waals surface area contributed by atoms with Crippen LogP contribution in [0.3, 0.4) is 0 Å². The summed E-state index contributed by atoms with van der Waals surface area (Å²) < 4.78 is 30.7. The number of aldehydes is 1. The number of carbonyl (C=O) groups is 1. The van der Waals surface area contributed by atoms with Gasteiger partial charge in [0.2, 0.25) is 5.88 Å². The average Bonchev–Trinajstić information content (AvgIpc) is 3.14. The molecule has 5 aromatic rings. The molecule has 50 heavy (non-hydrogen) atoms. The highest BCUT2D eigenvalue weighted by Crippen LogP contribution is 2.33. The van der Waals surface area contributed by atoms with Crippen LogP contribution in [0.1, 0.15) is 27.8 Å². The molecule has 7 nitrogen and oxygen atoms in total. The Kier molecular flexibility index (Phi) is 11.8. The molecule has 0 aliphatic carbocycles. The highest BCUT2D eigenvalue weighted by molar-refractivity contribution is 6.32. The summed E-state index contributed by atoms with van der Waals surface area (Å²) in [6.45, 7) is 7.17. The van der Waals surface area contributed by atoms with Gasteiger partial charge in [0, 0.05) is 57.0 Å². The van der Waals surface area contributed by atoms with Crippen molar-refractivity contribution in [3.8, 4) is 23.1 Å². The first kappa shape index (κ1) is 34.7. The van der Waals surface area contributed by atoms with Gasteiger partial charge in [-0.3, -0.25) is 9.69 Å². The zero-order chi connectivity index (χ0) is 34.7. The summed E-state index contributed by atoms with van der Waals surface area (Å²) in [7, 11) is 0. The Morgan fingerprint density at radius 1 is 0.820 bits per heavy atom. The van der Waals surface area contributed by atoms with Crippen molar-refractivity contribution in [3.05, 3.63) is 154 Å². The molecule has 0 saturated carbocycles. The predicted octanol–water partition coefficient (Wildman–Crippen LogP) is 8.53. The molecule has 0 amide bonds. The van der Waals surface area contributed by atoms with Gasteiger partial charge >= 0.3 is 0 Å². The van der Waals surface area contributed by atoms with Crippen LogP contribution in [-0.4, -0.2) is 53.9 Å². The van der Waals surface area contributed by atoms with Crippen LogP contribution in [0.15, 0.2) is 115 Å². The number of hydrogen-bond donors (Lipinski definition) is 0. The van der Waals surface area contributed by atoms with Crippen molar-refractivity contribution < 1.29 is 23.4 Å². The SMILES string of the molecule is Cc1ccc(OCCc2ccc(CN3CCN(/C(=C/C=O)c4ccc(Oc5ccc(OCc6ccc(F)cc6)cn5)c(Cl)c4)CC3)cc2)cc1. The molecule has 1 saturated heterocycles. The lowest BCUT2D eigenvalue weighted by Crippen LogP contribution is -2.44. The number of ether oxygens (including phenoxy) is 3. The van der Waals surface area contributed by atoms with Gasteiger partial charge < -0.3 is 19.1 Å². The minimum atomic E-state index is -0.288. The van der Waals surface area contributed by atoms with E-state index in [0.717, 1.165) is 68.0 Å². The second-order valence-electron chi connectivity index (χ2n) is 12.2. The number of carbonyl (C=O) groups excluding carboxylic acids is 1. The number of aryl methyl sites for hydroxylation is 1. The lowest BCUT2D eigenvalue weighted by Gasteiger charge is -2.37. The van der Waals surface area contributed by atoms with E-state index >= 15 is 0 Å². The number of nitrogens with zero attached hydrogens (tertiary/aromatic N) is 3. The quantitative estimate of drug-likeness (QED) is 0.0855. The first-order chi connectivity index (χ1) is 24.4. The average molecular weight is 692 g/mol. The molecule has 0 spiro atoms. The number of hydrogen-bond acceptors (Lipinski definition) is 7. The summed E-state index contributed by atoms with van der Waals surface area (Å²) in [4.78, 5) is 20.6. The number of allylic oxidation sites excluding steroid dienone is 1. The fraction of sp³-hybridized carbons (Fsp3) is 0.220. The van der Waals surface area contributed by atoms with Crippen LogP contribution in [-0.2, 0) is 24.4 Å². The largest absolute Gasteiger partial charge is 0.493 e. The van der Waals surface area contributed by atoms with Crippen molar-refractivity contribution in [1.82, 2.24) is 14.8 Å². The summed E-state index contributed by atoms with van der Waals surface area (Å²) in [6.07, 6.45) is 4.83. The lowest BCUT2D eigenvalue weighted by molar-refractivity contribution is -0.104. The van der Waals surface area contributed by atoms with Crippen LogP contribution in [0.4, 0.5) is 4.39 Å². The van der Waals surface area contributed by atoms with Gasteiger partial charge in [0.1, 0.15) is 36.0 Å². The molecule has 1 aliphatic heterocycles. The van der Waals surface area contributed by atoms with Crippen LogP contribution < -0.4 is 14.2 Å². The van der Waals surface area contributed by atoms with E-state index in [0.29, 0.717) is 35.6 Å². The third-order valence-corrected chi connectivity index (χ3v) is 8.81. The van der Waals surface area contributed by atoms with E-state index in [1.807, 2.05) is 24.3 Å². The lowest BCUT2D eigenvalue weighted by atomic mass is 10.1. The first-order valence-electron chi connectivity index (χ1n) is 16.6. The minimum Gasteiger partial charge on any atom is -0.493 e. The first-order valence-corrected chi connectivity index (χ1v) is 17.0. The normalized spacial score (nSPS) is 13.6. The predicted molar refractivity (Wildman–Crippen MR) is 194 cm³/mol. The summed E-state index contributed by atoms with van der Waals surface area (Å²) in [6, 6.07) is 32.0. The van der Waals surface area contributed by atoms with Gasteiger partial charge in [-0.1, -0.05) is 65.7 Å². The van der Waals surface area contributed by atoms with Crippen molar-refractivity contribution in [2.24, 2.45) is 0 Å². The van der Waals surface area contributed by atoms with E-state index in [-0.39, 0.29) is 5.82 Å². The van der Waals surface area contributed by atoms with Crippen LogP contribution in [0.25, 0.3) is 5.70 Å². The second kappa shape index (κ2) is 17.0. The van der Waals surface area contributed by atoms with E-state index in [9.17, 15) is 9.18 Å². The molecule has 1 fully saturated rings. The van der Waals surface area contributed by atoms with Crippen LogP contribution >= 0.6 is 11.6 Å². The van der Waals surface area contributed by atoms with Crippen LogP contribution in [0.2, 0.25) is 5.02 Å². The van der Waals surface area contributed by atoms with Gasteiger partial charge in [-0.05, 0) is 77.7 Å². The van der Waals surface area contributed by atoms with Gasteiger partial charge in [0.05, 0.1) is 17.8 Å². The third kappa shape index (κ3) is 9.71. The highest BCUT2D eigenvalue weighted by Gasteiger charge is 2.21. The van der Waals surface area contributed by atoms with E-state index in [2.05, 4.69) is 58.1 Å². The monoisotopic (exact) mass is 691 g/mol. The standard InChI is InChI=1S/C41H39ClFN3O4/c1-30-2-13-36(14-3-30)48-25-19-31-4-6-32(7-5-31)28-45-20-22-46(23-21-45)39(18-24-47)34-10-16-40(38(42)26-34)50-41-17-15-37(27-44-41)49-29-33-8-11-35(43)12-9-33/h2-18,24,26-27H,19-23,25,28-29H2,1H3/b39-18+. The van der Waals surface area contributed by atoms with E-state index in [1.165, 1.54) is 28.8 Å². The molecule has 0 bridgehead atoms. The topological polar surface area (TPSA) is 64.1 Å². The molecule has 0 atom stereocenters. The fourth-order valence-electron chi connectivity index (χ4n) is 5.70. The van der Waals surface area contributed by atoms with Gasteiger partial charge in [-0.2, -0.15) is 0 Å². The maximum atomic E-state index is 13.1. The molecule has 1 aliphatic rings. The highest BCUT2D eigenvalue weighted by atomic mass is 35.5. The number of benzene rings is 4. The summed E-state index contributed by atoms with van der Waals surface area (Å²) in [5, 5.41) is 0.404. The van der Waals surface area contributed by atoms with E-state index < -0.39 is 0 Å². The Balaban J connectivity index is 0.977. The third-order valence-electron chi connectivity index (χ3n) is 8.52. The minimum absolute atomic E-state index is 0.288. The smallest absolute Gasteiger partial charge is 0.219 e. The Morgan fingerprint density at radius 2 is 1.52 bits per heavy atom. The zero-order valence-electron chi connectivity index (χ0n) is 27.9. The Labute approximate surface area is 297 Å². The number of pyridine rings is 1. The molecular formula is C41H39ClFN3O4. The zero-order valence-corrected chi connectivity index (χ0v) is 28.7. The number of halogens is 2. The van der Waals surface area contributed by atoms with Crippen molar-refractivity contribution in [2.45, 2.75) is 26.5 Å². The van der Waals surface area contributed by atoms with Crippen molar-refractivity contribution in [1.29, 1.82) is 0 Å². The van der Waals surface area contributed by atoms with Crippen molar-refractivity contribution >= 4 is 23.6 Å². The van der Waals surface area contributed by atoms with Gasteiger partial charge in [-0.15, -0.1) is 0 Å². The maximum absolute atomic E-state index is 13.1. The number of rotatable bonds is 14. The molecule has 1 aromatic heterocycles. The number of aromatic nitrogens is 1. The molecule has 6 rings (SSSR count). The number of piperazine rings is 1. The van der Waals surface area contributed by atoms with Crippen LogP contribution in [0, 0.1) is 12.7 Å². The molecule has 256 valence electrons. The Hall–Kier alpha value is -5.18. The van der Waals surface area contributed by atoms with E-state index in [4.69, 9.17) is 25.8 Å². The summed E-state index contributed by atoms with van der Waals surface area (Å²) in [5.41, 5.74) is 6.26. The molecule has 0 radical (unpaired) electrons. The Morgan fingerprint density at radius 3 is 2.20 bits per heavy atom. The molecule has 9 heteroatoms.